The van der Waals surface area contributed by atoms with Gasteiger partial charge in [0.2, 0.25) is 10.0 Å². The topological polar surface area (TPSA) is 67.2 Å². The van der Waals surface area contributed by atoms with Crippen molar-refractivity contribution in [2.45, 2.75) is 17.9 Å². The van der Waals surface area contributed by atoms with E-state index < -0.39 is 10.0 Å². The predicted molar refractivity (Wildman–Crippen MR) is 91.6 cm³/mol. The first-order valence-corrected chi connectivity index (χ1v) is 9.60. The molecule has 1 saturated heterocycles. The summed E-state index contributed by atoms with van der Waals surface area (Å²) < 4.78 is 30.5. The molecule has 1 N–H and O–H groups in total. The highest BCUT2D eigenvalue weighted by molar-refractivity contribution is 9.10. The first kappa shape index (κ1) is 16.6. The van der Waals surface area contributed by atoms with Crippen molar-refractivity contribution in [2.75, 3.05) is 19.6 Å². The fraction of sp³-hybridized carbons (Fsp3) is 0.400. The molecule has 0 saturated carbocycles. The number of halogens is 1. The van der Waals surface area contributed by atoms with Gasteiger partial charge in [0.05, 0.1) is 10.9 Å². The van der Waals surface area contributed by atoms with E-state index in [1.807, 2.05) is 30.8 Å². The maximum absolute atomic E-state index is 13.1. The molecule has 1 aromatic heterocycles. The zero-order valence-corrected chi connectivity index (χ0v) is 15.4. The minimum atomic E-state index is -3.59. The van der Waals surface area contributed by atoms with Crippen LogP contribution in [-0.2, 0) is 17.1 Å². The molecule has 1 aliphatic heterocycles. The molecule has 2 heterocycles. The van der Waals surface area contributed by atoms with Crippen molar-refractivity contribution in [1.29, 1.82) is 0 Å². The fourth-order valence-corrected chi connectivity index (χ4v) is 5.36. The van der Waals surface area contributed by atoms with Gasteiger partial charge in [0, 0.05) is 43.5 Å². The third-order valence-corrected chi connectivity index (χ3v) is 6.32. The summed E-state index contributed by atoms with van der Waals surface area (Å²) in [4.78, 5) is 4.65. The highest BCUT2D eigenvalue weighted by Gasteiger charge is 2.36. The molecule has 2 aromatic rings. The summed E-state index contributed by atoms with van der Waals surface area (Å²) in [5, 5.41) is 3.26. The van der Waals surface area contributed by atoms with Gasteiger partial charge in [-0.3, -0.25) is 0 Å². The molecule has 3 rings (SSSR count). The Hall–Kier alpha value is -1.22. The van der Waals surface area contributed by atoms with E-state index in [2.05, 4.69) is 26.2 Å². The molecule has 124 valence electrons. The van der Waals surface area contributed by atoms with Crippen molar-refractivity contribution in [3.05, 3.63) is 46.5 Å². The van der Waals surface area contributed by atoms with Crippen LogP contribution in [0.25, 0.3) is 0 Å². The van der Waals surface area contributed by atoms with Crippen LogP contribution in [0.2, 0.25) is 0 Å². The lowest BCUT2D eigenvalue weighted by Gasteiger charge is -2.34. The summed E-state index contributed by atoms with van der Waals surface area (Å²) in [5.41, 5.74) is 0.904. The van der Waals surface area contributed by atoms with Gasteiger partial charge in [0.15, 0.2) is 0 Å². The zero-order valence-electron chi connectivity index (χ0n) is 13.0. The second kappa shape index (κ2) is 6.35. The molecule has 0 aliphatic carbocycles. The molecule has 1 aromatic carbocycles. The van der Waals surface area contributed by atoms with Crippen molar-refractivity contribution >= 4 is 26.0 Å². The van der Waals surface area contributed by atoms with Crippen LogP contribution < -0.4 is 5.32 Å². The fourth-order valence-electron chi connectivity index (χ4n) is 2.88. The van der Waals surface area contributed by atoms with Gasteiger partial charge in [-0.1, -0.05) is 15.9 Å². The smallest absolute Gasteiger partial charge is 0.243 e. The quantitative estimate of drug-likeness (QED) is 0.855. The Balaban J connectivity index is 2.04. The number of nitrogens with zero attached hydrogens (tertiary/aromatic N) is 3. The van der Waals surface area contributed by atoms with E-state index in [0.29, 0.717) is 24.5 Å². The first-order chi connectivity index (χ1) is 10.9. The molecule has 6 nitrogen and oxygen atoms in total. The van der Waals surface area contributed by atoms with Gasteiger partial charge in [-0.2, -0.15) is 4.31 Å². The Kier molecular flexibility index (Phi) is 4.59. The molecule has 1 atom stereocenters. The molecule has 0 spiro atoms. The maximum Gasteiger partial charge on any atom is 0.243 e. The lowest BCUT2D eigenvalue weighted by atomic mass is 10.2. The summed E-state index contributed by atoms with van der Waals surface area (Å²) >= 11 is 3.38. The molecular formula is C15H19BrN4O2S. The van der Waals surface area contributed by atoms with Gasteiger partial charge < -0.3 is 9.88 Å². The largest absolute Gasteiger partial charge is 0.337 e. The van der Waals surface area contributed by atoms with E-state index in [4.69, 9.17) is 0 Å². The van der Waals surface area contributed by atoms with Crippen molar-refractivity contribution in [2.24, 2.45) is 7.05 Å². The van der Waals surface area contributed by atoms with Crippen molar-refractivity contribution in [3.8, 4) is 0 Å². The minimum absolute atomic E-state index is 0.311. The monoisotopic (exact) mass is 398 g/mol. The number of nitrogens with one attached hydrogen (secondary N) is 1. The number of imidazole rings is 1. The van der Waals surface area contributed by atoms with Crippen LogP contribution in [0.15, 0.2) is 40.0 Å². The van der Waals surface area contributed by atoms with Gasteiger partial charge in [0.25, 0.3) is 0 Å². The van der Waals surface area contributed by atoms with E-state index in [1.54, 1.807) is 22.6 Å². The van der Waals surface area contributed by atoms with Crippen LogP contribution in [0.1, 0.15) is 17.4 Å². The second-order valence-corrected chi connectivity index (χ2v) is 8.50. The third kappa shape index (κ3) is 3.21. The van der Waals surface area contributed by atoms with Crippen molar-refractivity contribution < 1.29 is 8.42 Å². The number of aromatic nitrogens is 2. The summed E-state index contributed by atoms with van der Waals surface area (Å²) in [6.45, 7) is 3.49. The SMILES string of the molecule is Cc1cc(Br)cc(S(=O)(=O)N2CCNCC2c2nccn2C)c1. The Morgan fingerprint density at radius 3 is 2.78 bits per heavy atom. The molecule has 23 heavy (non-hydrogen) atoms. The van der Waals surface area contributed by atoms with E-state index in [1.165, 1.54) is 0 Å². The van der Waals surface area contributed by atoms with E-state index in [9.17, 15) is 8.42 Å². The summed E-state index contributed by atoms with van der Waals surface area (Å²) in [5.74, 6) is 0.743. The highest BCUT2D eigenvalue weighted by atomic mass is 79.9. The number of benzene rings is 1. The van der Waals surface area contributed by atoms with Gasteiger partial charge in [0.1, 0.15) is 5.82 Å². The van der Waals surface area contributed by atoms with Crippen LogP contribution in [0.3, 0.4) is 0 Å². The minimum Gasteiger partial charge on any atom is -0.337 e. The van der Waals surface area contributed by atoms with Crippen LogP contribution in [-0.4, -0.2) is 41.9 Å². The number of sulfonamides is 1. The highest BCUT2D eigenvalue weighted by Crippen LogP contribution is 2.29. The van der Waals surface area contributed by atoms with Gasteiger partial charge in [-0.25, -0.2) is 13.4 Å². The average molecular weight is 399 g/mol. The van der Waals surface area contributed by atoms with Crippen LogP contribution in [0.5, 0.6) is 0 Å². The Morgan fingerprint density at radius 1 is 1.35 bits per heavy atom. The standard InChI is InChI=1S/C15H19BrN4O2S/c1-11-7-12(16)9-13(8-11)23(21,22)20-6-3-17-10-14(20)15-18-4-5-19(15)2/h4-5,7-9,14,17H,3,6,10H2,1-2H3. The summed E-state index contributed by atoms with van der Waals surface area (Å²) in [6, 6.07) is 4.94. The number of piperazine rings is 1. The second-order valence-electron chi connectivity index (χ2n) is 5.70. The molecular weight excluding hydrogens is 380 g/mol. The van der Waals surface area contributed by atoms with E-state index in [0.717, 1.165) is 15.9 Å². The number of hydrogen-bond acceptors (Lipinski definition) is 4. The number of rotatable bonds is 3. The third-order valence-electron chi connectivity index (χ3n) is 3.97. The van der Waals surface area contributed by atoms with Gasteiger partial charge in [-0.05, 0) is 30.7 Å². The number of aryl methyl sites for hydroxylation is 2. The van der Waals surface area contributed by atoms with Crippen molar-refractivity contribution in [3.63, 3.8) is 0 Å². The Morgan fingerprint density at radius 2 is 2.13 bits per heavy atom. The van der Waals surface area contributed by atoms with E-state index in [-0.39, 0.29) is 6.04 Å². The molecule has 1 unspecified atom stereocenters. The van der Waals surface area contributed by atoms with Gasteiger partial charge >= 0.3 is 0 Å². The molecule has 8 heteroatoms. The Labute approximate surface area is 144 Å². The van der Waals surface area contributed by atoms with E-state index >= 15 is 0 Å². The normalized spacial score (nSPS) is 19.9. The van der Waals surface area contributed by atoms with Gasteiger partial charge in [-0.15, -0.1) is 0 Å². The predicted octanol–water partition coefficient (Wildman–Crippen LogP) is 1.83. The maximum atomic E-state index is 13.1. The van der Waals surface area contributed by atoms with Crippen molar-refractivity contribution in [1.82, 2.24) is 19.2 Å². The number of hydrogen-bond donors (Lipinski definition) is 1. The van der Waals surface area contributed by atoms with Crippen LogP contribution in [0.4, 0.5) is 0 Å². The first-order valence-electron chi connectivity index (χ1n) is 7.36. The summed E-state index contributed by atoms with van der Waals surface area (Å²) in [7, 11) is -1.71. The molecule has 0 bridgehead atoms. The molecule has 0 radical (unpaired) electrons. The average Bonchev–Trinajstić information content (AvgIpc) is 2.92. The Bertz CT molecular complexity index is 798. The molecule has 1 aliphatic rings. The zero-order chi connectivity index (χ0) is 16.6. The lowest BCUT2D eigenvalue weighted by molar-refractivity contribution is 0.258. The van der Waals surface area contributed by atoms with Crippen LogP contribution in [0, 0.1) is 6.92 Å². The molecule has 1 fully saturated rings. The van der Waals surface area contributed by atoms with Crippen LogP contribution >= 0.6 is 15.9 Å². The lowest BCUT2D eigenvalue weighted by Crippen LogP contribution is -2.49. The summed E-state index contributed by atoms with van der Waals surface area (Å²) in [6.07, 6.45) is 3.52. The molecule has 0 amide bonds.